The molecule has 0 radical (unpaired) electrons. The van der Waals surface area contributed by atoms with Gasteiger partial charge in [0, 0.05) is 29.6 Å². The molecule has 11 nitrogen and oxygen atoms in total. The van der Waals surface area contributed by atoms with Crippen LogP contribution in [0.4, 0.5) is 0 Å². The molecule has 6 rings (SSSR count). The molecular formula is C34H32N2O9. The van der Waals surface area contributed by atoms with Crippen molar-refractivity contribution >= 4 is 22.8 Å². The number of nitrogens with zero attached hydrogens (tertiary/aromatic N) is 1. The van der Waals surface area contributed by atoms with E-state index in [9.17, 15) is 29.7 Å². The van der Waals surface area contributed by atoms with Gasteiger partial charge in [-0.05, 0) is 41.5 Å². The number of aliphatic hydroxyl groups excluding tert-OH is 3. The Bertz CT molecular complexity index is 1830. The molecule has 0 saturated heterocycles. The van der Waals surface area contributed by atoms with Gasteiger partial charge in [-0.2, -0.15) is 0 Å². The van der Waals surface area contributed by atoms with E-state index < -0.39 is 41.6 Å². The van der Waals surface area contributed by atoms with Crippen molar-refractivity contribution in [2.45, 2.75) is 37.3 Å². The van der Waals surface area contributed by atoms with E-state index in [1.54, 1.807) is 48.5 Å². The average molecular weight is 613 g/mol. The molecule has 2 amide bonds. The van der Waals surface area contributed by atoms with E-state index in [-0.39, 0.29) is 37.4 Å². The minimum atomic E-state index is -1.36. The van der Waals surface area contributed by atoms with Gasteiger partial charge in [0.25, 0.3) is 5.91 Å². The number of ether oxygens (including phenoxy) is 2. The van der Waals surface area contributed by atoms with E-state index in [0.29, 0.717) is 33.6 Å². The zero-order valence-electron chi connectivity index (χ0n) is 24.4. The van der Waals surface area contributed by atoms with Gasteiger partial charge in [0.1, 0.15) is 23.4 Å². The van der Waals surface area contributed by atoms with Crippen LogP contribution in [0.3, 0.4) is 0 Å². The highest BCUT2D eigenvalue weighted by Crippen LogP contribution is 2.51. The monoisotopic (exact) mass is 612 g/mol. The third-order valence-electron chi connectivity index (χ3n) is 8.18. The van der Waals surface area contributed by atoms with E-state index in [0.717, 1.165) is 5.56 Å². The number of aliphatic hydroxyl groups is 3. The molecule has 4 N–H and O–H groups in total. The van der Waals surface area contributed by atoms with Crippen LogP contribution >= 0.6 is 0 Å². The zero-order chi connectivity index (χ0) is 31.7. The van der Waals surface area contributed by atoms with Crippen LogP contribution in [-0.2, 0) is 17.9 Å². The van der Waals surface area contributed by atoms with Crippen LogP contribution in [0.15, 0.2) is 93.7 Å². The van der Waals surface area contributed by atoms with Crippen LogP contribution in [0.1, 0.15) is 33.0 Å². The van der Waals surface area contributed by atoms with Gasteiger partial charge in [-0.25, -0.2) is 4.79 Å². The number of benzene rings is 3. The zero-order valence-corrected chi connectivity index (χ0v) is 24.4. The summed E-state index contributed by atoms with van der Waals surface area (Å²) in [6, 6.07) is 19.5. The lowest BCUT2D eigenvalue weighted by Crippen LogP contribution is -2.55. The number of hydrogen-bond acceptors (Lipinski definition) is 9. The Morgan fingerprint density at radius 2 is 1.76 bits per heavy atom. The van der Waals surface area contributed by atoms with Crippen LogP contribution in [-0.4, -0.2) is 70.5 Å². The fourth-order valence-corrected chi connectivity index (χ4v) is 6.08. The molecule has 0 fully saturated rings. The maximum Gasteiger partial charge on any atom is 0.349 e. The van der Waals surface area contributed by atoms with Crippen LogP contribution in [0.5, 0.6) is 11.5 Å². The van der Waals surface area contributed by atoms with Gasteiger partial charge in [0.2, 0.25) is 5.91 Å². The fraction of sp³-hybridized carbons (Fsp3) is 0.265. The van der Waals surface area contributed by atoms with Crippen LogP contribution < -0.4 is 20.4 Å². The van der Waals surface area contributed by atoms with Gasteiger partial charge in [-0.1, -0.05) is 48.5 Å². The third kappa shape index (κ3) is 5.57. The standard InChI is InChI=1S/C34H32N2O9/c1-43-27-14-20(18-38)13-22-28-23(32(40)35-11-12-37)16-25(29(39)31(28)45-30(22)27)36(17-19-7-3-2-4-8-19)33(41)24-15-21-9-5-6-10-26(21)44-34(24)42/h2-10,13-16,25,28-29,31,37-39H,11-12,17-18H2,1H3,(H,35,40)/t25-,28+,29+,31+/m1/s1. The Morgan fingerprint density at radius 3 is 2.49 bits per heavy atom. The van der Waals surface area contributed by atoms with Crippen LogP contribution in [0.2, 0.25) is 0 Å². The van der Waals surface area contributed by atoms with Gasteiger partial charge >= 0.3 is 5.63 Å². The number of rotatable bonds is 9. The SMILES string of the molecule is COc1cc(CO)cc2c1O[C@@H]1[C@@H](O)[C@H](N(Cc3ccccc3)C(=O)c3cc4ccccc4oc3=O)C=C(C(=O)NCCO)[C@H]21. The normalized spacial score (nSPS) is 20.0. The summed E-state index contributed by atoms with van der Waals surface area (Å²) >= 11 is 0. The summed E-state index contributed by atoms with van der Waals surface area (Å²) in [6.07, 6.45) is -0.885. The van der Waals surface area contributed by atoms with Gasteiger partial charge in [0.15, 0.2) is 11.5 Å². The summed E-state index contributed by atoms with van der Waals surface area (Å²) in [5, 5.41) is 34.5. The molecule has 2 aliphatic rings. The Morgan fingerprint density at radius 1 is 1.00 bits per heavy atom. The lowest BCUT2D eigenvalue weighted by Gasteiger charge is -2.40. The maximum atomic E-state index is 14.3. The van der Waals surface area contributed by atoms with Gasteiger partial charge in [-0.3, -0.25) is 9.59 Å². The number of hydrogen-bond donors (Lipinski definition) is 4. The Hall–Kier alpha value is -4.97. The first-order chi connectivity index (χ1) is 21.8. The first-order valence-corrected chi connectivity index (χ1v) is 14.5. The van der Waals surface area contributed by atoms with E-state index >= 15 is 0 Å². The van der Waals surface area contributed by atoms with Crippen molar-refractivity contribution in [3.8, 4) is 11.5 Å². The predicted molar refractivity (Wildman–Crippen MR) is 163 cm³/mol. The van der Waals surface area contributed by atoms with E-state index in [2.05, 4.69) is 5.32 Å². The van der Waals surface area contributed by atoms with Crippen molar-refractivity contribution in [1.82, 2.24) is 10.2 Å². The summed E-state index contributed by atoms with van der Waals surface area (Å²) in [4.78, 5) is 42.4. The number of amides is 2. The molecule has 45 heavy (non-hydrogen) atoms. The lowest BCUT2D eigenvalue weighted by atomic mass is 9.77. The van der Waals surface area contributed by atoms with Crippen molar-refractivity contribution in [3.63, 3.8) is 0 Å². The Balaban J connectivity index is 1.49. The topological polar surface area (TPSA) is 159 Å². The number of carbonyl (C=O) groups is 2. The summed E-state index contributed by atoms with van der Waals surface area (Å²) < 4.78 is 17.3. The minimum absolute atomic E-state index is 0.0159. The summed E-state index contributed by atoms with van der Waals surface area (Å²) in [7, 11) is 1.45. The highest BCUT2D eigenvalue weighted by atomic mass is 16.5. The number of fused-ring (bicyclic) bond motifs is 4. The first kappa shape index (κ1) is 30.1. The molecule has 2 heterocycles. The molecule has 0 spiro atoms. The fourth-order valence-electron chi connectivity index (χ4n) is 6.08. The van der Waals surface area contributed by atoms with Gasteiger partial charge in [-0.15, -0.1) is 0 Å². The second-order valence-electron chi connectivity index (χ2n) is 10.9. The van der Waals surface area contributed by atoms with Crippen LogP contribution in [0.25, 0.3) is 11.0 Å². The van der Waals surface area contributed by atoms with E-state index in [1.807, 2.05) is 18.2 Å². The van der Waals surface area contributed by atoms with Gasteiger partial charge in [0.05, 0.1) is 32.3 Å². The molecule has 11 heteroatoms. The number of nitrogens with one attached hydrogen (secondary N) is 1. The molecule has 0 saturated carbocycles. The van der Waals surface area contributed by atoms with Gasteiger partial charge < -0.3 is 39.4 Å². The molecule has 1 aromatic heterocycles. The quantitative estimate of drug-likeness (QED) is 0.208. The highest BCUT2D eigenvalue weighted by Gasteiger charge is 2.51. The second-order valence-corrected chi connectivity index (χ2v) is 10.9. The first-order valence-electron chi connectivity index (χ1n) is 14.5. The molecular weight excluding hydrogens is 580 g/mol. The summed E-state index contributed by atoms with van der Waals surface area (Å²) in [5.41, 5.74) is 1.21. The molecule has 3 aromatic carbocycles. The van der Waals surface area contributed by atoms with Crippen molar-refractivity contribution in [2.24, 2.45) is 0 Å². The number of para-hydroxylation sites is 1. The van der Waals surface area contributed by atoms with E-state index in [1.165, 1.54) is 24.2 Å². The largest absolute Gasteiger partial charge is 0.493 e. The highest BCUT2D eigenvalue weighted by molar-refractivity contribution is 5.98. The van der Waals surface area contributed by atoms with Crippen molar-refractivity contribution < 1.29 is 38.8 Å². The predicted octanol–water partition coefficient (Wildman–Crippen LogP) is 2.26. The Labute approximate surface area is 257 Å². The van der Waals surface area contributed by atoms with Crippen molar-refractivity contribution in [3.05, 3.63) is 117 Å². The molecule has 0 unspecified atom stereocenters. The lowest BCUT2D eigenvalue weighted by molar-refractivity contribution is -0.118. The third-order valence-corrected chi connectivity index (χ3v) is 8.18. The number of carbonyl (C=O) groups excluding carboxylic acids is 2. The molecule has 0 bridgehead atoms. The van der Waals surface area contributed by atoms with Crippen LogP contribution in [0, 0.1) is 0 Å². The molecule has 232 valence electrons. The van der Waals surface area contributed by atoms with Crippen molar-refractivity contribution in [2.75, 3.05) is 20.3 Å². The summed E-state index contributed by atoms with van der Waals surface area (Å²) in [6.45, 7) is -0.641. The molecule has 4 atom stereocenters. The average Bonchev–Trinajstić information content (AvgIpc) is 3.46. The second kappa shape index (κ2) is 12.6. The summed E-state index contributed by atoms with van der Waals surface area (Å²) in [5.74, 6) is -1.40. The van der Waals surface area contributed by atoms with Crippen molar-refractivity contribution in [1.29, 1.82) is 0 Å². The molecule has 4 aromatic rings. The molecule has 1 aliphatic carbocycles. The smallest absolute Gasteiger partial charge is 0.349 e. The number of methoxy groups -OCH3 is 1. The van der Waals surface area contributed by atoms with E-state index in [4.69, 9.17) is 13.9 Å². The Kier molecular flexibility index (Phi) is 8.40. The maximum absolute atomic E-state index is 14.3. The molecule has 1 aliphatic heterocycles. The minimum Gasteiger partial charge on any atom is -0.493 e.